The molecule has 1 heterocycles. The molecule has 2 rings (SSSR count). The lowest BCUT2D eigenvalue weighted by atomic mass is 10.1. The summed E-state index contributed by atoms with van der Waals surface area (Å²) in [6, 6.07) is 10.2. The first-order chi connectivity index (χ1) is 8.83. The predicted molar refractivity (Wildman–Crippen MR) is 80.0 cm³/mol. The number of anilines is 2. The summed E-state index contributed by atoms with van der Waals surface area (Å²) in [4.78, 5) is 0. The molecule has 0 saturated carbocycles. The Hall–Kier alpha value is -1.55. The predicted octanol–water partition coefficient (Wildman–Crippen LogP) is 3.99. The van der Waals surface area contributed by atoms with Crippen molar-refractivity contribution in [2.24, 2.45) is 0 Å². The number of rotatable bonds is 6. The topological polar surface area (TPSA) is 50.9 Å². The van der Waals surface area contributed by atoms with Gasteiger partial charge in [-0.1, -0.05) is 50.1 Å². The minimum Gasteiger partial charge on any atom is -0.382 e. The van der Waals surface area contributed by atoms with Crippen LogP contribution in [0.1, 0.15) is 26.2 Å². The molecular formula is C14H19N3S. The van der Waals surface area contributed by atoms with Crippen LogP contribution in [0.3, 0.4) is 0 Å². The Balaban J connectivity index is 2.12. The van der Waals surface area contributed by atoms with Gasteiger partial charge < -0.3 is 11.1 Å². The number of hydrogen-bond donors (Lipinski definition) is 2. The summed E-state index contributed by atoms with van der Waals surface area (Å²) in [5, 5.41) is 4.52. The SMILES string of the molecule is CCCCCNc1snc(N)c1-c1ccccc1. The lowest BCUT2D eigenvalue weighted by molar-refractivity contribution is 0.744. The fourth-order valence-electron chi connectivity index (χ4n) is 1.88. The number of nitrogen functional groups attached to an aromatic ring is 1. The van der Waals surface area contributed by atoms with E-state index in [9.17, 15) is 0 Å². The molecule has 3 N–H and O–H groups in total. The van der Waals surface area contributed by atoms with Crippen molar-refractivity contribution in [2.45, 2.75) is 26.2 Å². The van der Waals surface area contributed by atoms with Crippen LogP contribution in [-0.4, -0.2) is 10.9 Å². The summed E-state index contributed by atoms with van der Waals surface area (Å²) in [7, 11) is 0. The Morgan fingerprint density at radius 3 is 2.72 bits per heavy atom. The van der Waals surface area contributed by atoms with E-state index in [2.05, 4.69) is 28.7 Å². The Bertz CT molecular complexity index is 479. The van der Waals surface area contributed by atoms with E-state index < -0.39 is 0 Å². The van der Waals surface area contributed by atoms with E-state index in [1.54, 1.807) is 0 Å². The molecule has 3 nitrogen and oxygen atoms in total. The van der Waals surface area contributed by atoms with Gasteiger partial charge in [0.15, 0.2) is 0 Å². The van der Waals surface area contributed by atoms with Crippen LogP contribution in [0.15, 0.2) is 30.3 Å². The zero-order chi connectivity index (χ0) is 12.8. The lowest BCUT2D eigenvalue weighted by Gasteiger charge is -2.06. The van der Waals surface area contributed by atoms with Crippen molar-refractivity contribution in [3.05, 3.63) is 30.3 Å². The van der Waals surface area contributed by atoms with Crippen molar-refractivity contribution >= 4 is 22.4 Å². The number of nitrogens with zero attached hydrogens (tertiary/aromatic N) is 1. The second-order valence-electron chi connectivity index (χ2n) is 4.27. The van der Waals surface area contributed by atoms with Gasteiger partial charge >= 0.3 is 0 Å². The van der Waals surface area contributed by atoms with E-state index >= 15 is 0 Å². The zero-order valence-electron chi connectivity index (χ0n) is 10.6. The van der Waals surface area contributed by atoms with Crippen LogP contribution < -0.4 is 11.1 Å². The normalized spacial score (nSPS) is 10.5. The second-order valence-corrected chi connectivity index (χ2v) is 5.05. The van der Waals surface area contributed by atoms with E-state index in [0.717, 1.165) is 22.7 Å². The van der Waals surface area contributed by atoms with E-state index in [4.69, 9.17) is 5.73 Å². The van der Waals surface area contributed by atoms with Gasteiger partial charge in [-0.25, -0.2) is 0 Å². The highest BCUT2D eigenvalue weighted by Gasteiger charge is 2.12. The van der Waals surface area contributed by atoms with E-state index in [1.165, 1.54) is 30.8 Å². The fourth-order valence-corrected chi connectivity index (χ4v) is 2.65. The summed E-state index contributed by atoms with van der Waals surface area (Å²) in [5.74, 6) is 0.615. The quantitative estimate of drug-likeness (QED) is 0.773. The molecule has 0 aliphatic rings. The molecule has 0 bridgehead atoms. The summed E-state index contributed by atoms with van der Waals surface area (Å²) >= 11 is 1.44. The summed E-state index contributed by atoms with van der Waals surface area (Å²) in [5.41, 5.74) is 8.13. The van der Waals surface area contributed by atoms with E-state index in [-0.39, 0.29) is 0 Å². The monoisotopic (exact) mass is 261 g/mol. The highest BCUT2D eigenvalue weighted by Crippen LogP contribution is 2.36. The van der Waals surface area contributed by atoms with Crippen molar-refractivity contribution in [2.75, 3.05) is 17.6 Å². The molecule has 1 aromatic heterocycles. The maximum Gasteiger partial charge on any atom is 0.147 e. The summed E-state index contributed by atoms with van der Waals surface area (Å²) < 4.78 is 4.25. The second kappa shape index (κ2) is 6.40. The molecule has 1 aromatic carbocycles. The summed E-state index contributed by atoms with van der Waals surface area (Å²) in [6.07, 6.45) is 3.67. The highest BCUT2D eigenvalue weighted by molar-refractivity contribution is 7.11. The number of hydrogen-bond acceptors (Lipinski definition) is 4. The van der Waals surface area contributed by atoms with Crippen molar-refractivity contribution < 1.29 is 0 Å². The van der Waals surface area contributed by atoms with Crippen LogP contribution in [0.4, 0.5) is 10.8 Å². The Morgan fingerprint density at radius 2 is 2.00 bits per heavy atom. The molecule has 0 aliphatic heterocycles. The van der Waals surface area contributed by atoms with Gasteiger partial charge in [-0.3, -0.25) is 0 Å². The molecule has 18 heavy (non-hydrogen) atoms. The number of nitrogens with one attached hydrogen (secondary N) is 1. The Morgan fingerprint density at radius 1 is 1.22 bits per heavy atom. The molecule has 0 fully saturated rings. The van der Waals surface area contributed by atoms with Gasteiger partial charge in [0.25, 0.3) is 0 Å². The zero-order valence-corrected chi connectivity index (χ0v) is 11.5. The van der Waals surface area contributed by atoms with Gasteiger partial charge in [-0.05, 0) is 23.5 Å². The first-order valence-corrected chi connectivity index (χ1v) is 7.14. The average Bonchev–Trinajstić information content (AvgIpc) is 2.77. The van der Waals surface area contributed by atoms with Crippen molar-refractivity contribution in [3.8, 4) is 11.1 Å². The van der Waals surface area contributed by atoms with Gasteiger partial charge in [0, 0.05) is 6.54 Å². The molecule has 0 aliphatic carbocycles. The van der Waals surface area contributed by atoms with Crippen LogP contribution in [0.5, 0.6) is 0 Å². The number of aromatic nitrogens is 1. The molecular weight excluding hydrogens is 242 g/mol. The largest absolute Gasteiger partial charge is 0.382 e. The van der Waals surface area contributed by atoms with Gasteiger partial charge in [0.2, 0.25) is 0 Å². The molecule has 96 valence electrons. The first-order valence-electron chi connectivity index (χ1n) is 6.37. The Kier molecular flexibility index (Phi) is 4.59. The minimum absolute atomic E-state index is 0.615. The number of benzene rings is 1. The number of unbranched alkanes of at least 4 members (excludes halogenated alkanes) is 2. The van der Waals surface area contributed by atoms with Crippen LogP contribution in [0, 0.1) is 0 Å². The van der Waals surface area contributed by atoms with E-state index in [0.29, 0.717) is 5.82 Å². The highest BCUT2D eigenvalue weighted by atomic mass is 32.1. The molecule has 0 unspecified atom stereocenters. The smallest absolute Gasteiger partial charge is 0.147 e. The third-order valence-corrected chi connectivity index (χ3v) is 3.67. The molecule has 0 spiro atoms. The molecule has 0 radical (unpaired) electrons. The average molecular weight is 261 g/mol. The third kappa shape index (κ3) is 3.01. The lowest BCUT2D eigenvalue weighted by Crippen LogP contribution is -2.01. The van der Waals surface area contributed by atoms with Gasteiger partial charge in [-0.2, -0.15) is 4.37 Å². The standard InChI is InChI=1S/C14H19N3S/c1-2-3-7-10-16-14-12(13(15)17-18-14)11-8-5-4-6-9-11/h4-6,8-9,16H,2-3,7,10H2,1H3,(H2,15,17). The third-order valence-electron chi connectivity index (χ3n) is 2.85. The Labute approximate surface area is 112 Å². The first kappa shape index (κ1) is 12.9. The summed E-state index contributed by atoms with van der Waals surface area (Å²) in [6.45, 7) is 3.19. The molecule has 4 heteroatoms. The maximum atomic E-state index is 5.96. The van der Waals surface area contributed by atoms with Crippen molar-refractivity contribution in [1.82, 2.24) is 4.37 Å². The molecule has 0 amide bonds. The van der Waals surface area contributed by atoms with Crippen molar-refractivity contribution in [3.63, 3.8) is 0 Å². The van der Waals surface area contributed by atoms with Gasteiger partial charge in [-0.15, -0.1) is 0 Å². The van der Waals surface area contributed by atoms with Crippen LogP contribution in [-0.2, 0) is 0 Å². The van der Waals surface area contributed by atoms with Crippen LogP contribution in [0.2, 0.25) is 0 Å². The minimum atomic E-state index is 0.615. The van der Waals surface area contributed by atoms with Gasteiger partial charge in [0.1, 0.15) is 10.8 Å². The van der Waals surface area contributed by atoms with Gasteiger partial charge in [0.05, 0.1) is 5.56 Å². The number of nitrogens with two attached hydrogens (primary N) is 1. The van der Waals surface area contributed by atoms with Crippen LogP contribution in [0.25, 0.3) is 11.1 Å². The van der Waals surface area contributed by atoms with Crippen LogP contribution >= 0.6 is 11.5 Å². The maximum absolute atomic E-state index is 5.96. The van der Waals surface area contributed by atoms with E-state index in [1.807, 2.05) is 18.2 Å². The van der Waals surface area contributed by atoms with Crippen molar-refractivity contribution in [1.29, 1.82) is 0 Å². The molecule has 2 aromatic rings. The molecule has 0 saturated heterocycles. The fraction of sp³-hybridized carbons (Fsp3) is 0.357. The molecule has 0 atom stereocenters.